The average molecular weight is 553 g/mol. The molecule has 3 N–H and O–H groups in total. The maximum Gasteiger partial charge on any atom is 0.269 e. The number of aromatic nitrogens is 3. The van der Waals surface area contributed by atoms with Gasteiger partial charge < -0.3 is 29.8 Å². The minimum Gasteiger partial charge on any atom is -0.497 e. The van der Waals surface area contributed by atoms with Crippen LogP contribution in [0.5, 0.6) is 11.5 Å². The summed E-state index contributed by atoms with van der Waals surface area (Å²) in [6.45, 7) is 2.87. The fourth-order valence-corrected chi connectivity index (χ4v) is 4.52. The van der Waals surface area contributed by atoms with E-state index < -0.39 is 6.10 Å². The first-order chi connectivity index (χ1) is 17.0. The number of fused-ring (bicyclic) bond motifs is 2. The summed E-state index contributed by atoms with van der Waals surface area (Å²) in [7, 11) is 1.59. The number of hydrogen-bond acceptors (Lipinski definition) is 9. The van der Waals surface area contributed by atoms with E-state index in [1.54, 1.807) is 17.7 Å². The Morgan fingerprint density at radius 1 is 1.22 bits per heavy atom. The number of carbonyl (C=O) groups is 1. The summed E-state index contributed by atoms with van der Waals surface area (Å²) in [6, 6.07) is 9.03. The quantitative estimate of drug-likeness (QED) is 0.395. The lowest BCUT2D eigenvalue weighted by atomic mass is 10.0. The van der Waals surface area contributed by atoms with Crippen molar-refractivity contribution >= 4 is 47.6 Å². The summed E-state index contributed by atoms with van der Waals surface area (Å²) in [4.78, 5) is 34.8. The Hall–Kier alpha value is -2.96. The molecule has 1 fully saturated rings. The van der Waals surface area contributed by atoms with E-state index in [2.05, 4.69) is 25.5 Å². The number of anilines is 1. The number of nitrogens with one attached hydrogen (secondary N) is 2. The second kappa shape index (κ2) is 12.5. The Bertz CT molecular complexity index is 1310. The van der Waals surface area contributed by atoms with Gasteiger partial charge in [-0.25, -0.2) is 9.97 Å². The van der Waals surface area contributed by atoms with Gasteiger partial charge in [0.1, 0.15) is 5.75 Å². The second-order valence-electron chi connectivity index (χ2n) is 8.73. The molecule has 5 rings (SSSR count). The van der Waals surface area contributed by atoms with Crippen LogP contribution in [0, 0.1) is 0 Å². The minimum absolute atomic E-state index is 0. The van der Waals surface area contributed by atoms with Crippen LogP contribution in [0.15, 0.2) is 41.3 Å². The molecule has 0 bridgehead atoms. The van der Waals surface area contributed by atoms with Crippen LogP contribution >= 0.6 is 24.8 Å². The van der Waals surface area contributed by atoms with Gasteiger partial charge in [0.15, 0.2) is 18.2 Å². The van der Waals surface area contributed by atoms with Crippen LogP contribution in [0.4, 0.5) is 5.82 Å². The lowest BCUT2D eigenvalue weighted by Gasteiger charge is -2.36. The lowest BCUT2D eigenvalue weighted by molar-refractivity contribution is -0.118. The third kappa shape index (κ3) is 6.49. The molecule has 1 amide bonds. The predicted octanol–water partition coefficient (Wildman–Crippen LogP) is 1.20. The molecule has 0 spiro atoms. The molecule has 1 saturated heterocycles. The summed E-state index contributed by atoms with van der Waals surface area (Å²) in [6.07, 6.45) is 1.54. The number of halogens is 2. The molecule has 0 aliphatic carbocycles. The van der Waals surface area contributed by atoms with Gasteiger partial charge in [0.05, 0.1) is 36.1 Å². The van der Waals surface area contributed by atoms with Crippen LogP contribution in [-0.2, 0) is 17.9 Å². The second-order valence-corrected chi connectivity index (χ2v) is 8.73. The number of likely N-dealkylation sites (tertiary alicyclic amines) is 1. The largest absolute Gasteiger partial charge is 0.497 e. The molecule has 200 valence electrons. The van der Waals surface area contributed by atoms with Crippen LogP contribution in [0.25, 0.3) is 11.0 Å². The molecular formula is C24H30Cl2N6O5. The molecule has 0 unspecified atom stereocenters. The molecule has 2 atom stereocenters. The third-order valence-electron chi connectivity index (χ3n) is 6.44. The Morgan fingerprint density at radius 2 is 2.05 bits per heavy atom. The molecule has 3 aromatic rings. The number of β-amino-alcohol motifs (C(OH)–C–C–N with tert-alkyl or cyclic N) is 1. The minimum atomic E-state index is -0.560. The highest BCUT2D eigenvalue weighted by Gasteiger charge is 2.27. The Morgan fingerprint density at radius 3 is 2.84 bits per heavy atom. The van der Waals surface area contributed by atoms with Crippen molar-refractivity contribution < 1.29 is 19.4 Å². The number of amides is 1. The molecule has 11 nitrogen and oxygen atoms in total. The van der Waals surface area contributed by atoms with Crippen molar-refractivity contribution in [2.24, 2.45) is 0 Å². The van der Waals surface area contributed by atoms with Gasteiger partial charge in [-0.2, -0.15) is 0 Å². The van der Waals surface area contributed by atoms with Crippen LogP contribution in [0.1, 0.15) is 12.1 Å². The van der Waals surface area contributed by atoms with E-state index in [0.717, 1.165) is 29.7 Å². The molecule has 13 heteroatoms. The number of piperidine rings is 1. The summed E-state index contributed by atoms with van der Waals surface area (Å²) < 4.78 is 12.3. The summed E-state index contributed by atoms with van der Waals surface area (Å²) in [5, 5.41) is 16.8. The van der Waals surface area contributed by atoms with E-state index in [-0.39, 0.29) is 48.9 Å². The molecule has 0 saturated carbocycles. The van der Waals surface area contributed by atoms with Gasteiger partial charge in [-0.05, 0) is 37.2 Å². The number of hydrogen-bond donors (Lipinski definition) is 3. The third-order valence-corrected chi connectivity index (χ3v) is 6.44. The topological polar surface area (TPSA) is 131 Å². The molecule has 2 aliphatic rings. The number of rotatable bonds is 7. The fraction of sp³-hybridized carbons (Fsp3) is 0.417. The van der Waals surface area contributed by atoms with E-state index in [0.29, 0.717) is 43.5 Å². The van der Waals surface area contributed by atoms with Crippen molar-refractivity contribution in [2.45, 2.75) is 31.7 Å². The molecular weight excluding hydrogens is 523 g/mol. The van der Waals surface area contributed by atoms with Gasteiger partial charge in [0.2, 0.25) is 0 Å². The van der Waals surface area contributed by atoms with Gasteiger partial charge in [-0.3, -0.25) is 14.5 Å². The number of aliphatic hydroxyl groups is 1. The number of carbonyl (C=O) groups excluding carboxylic acids is 1. The van der Waals surface area contributed by atoms with Crippen molar-refractivity contribution in [1.82, 2.24) is 24.8 Å². The molecule has 4 heterocycles. The molecule has 1 aromatic carbocycles. The van der Waals surface area contributed by atoms with Gasteiger partial charge in [0, 0.05) is 38.3 Å². The molecule has 2 aliphatic heterocycles. The van der Waals surface area contributed by atoms with Gasteiger partial charge in [0.25, 0.3) is 11.5 Å². The monoisotopic (exact) mass is 552 g/mol. The molecule has 0 radical (unpaired) electrons. The zero-order chi connectivity index (χ0) is 24.4. The predicted molar refractivity (Wildman–Crippen MR) is 143 cm³/mol. The highest BCUT2D eigenvalue weighted by atomic mass is 35.5. The van der Waals surface area contributed by atoms with Crippen LogP contribution in [0.2, 0.25) is 0 Å². The number of ether oxygens (including phenoxy) is 2. The van der Waals surface area contributed by atoms with Crippen LogP contribution in [-0.4, -0.2) is 75.9 Å². The SMILES string of the molecule is COc1ccc2ncc(=O)n(CCN3CC[C@@H](NCc4ccc5c(n4)NC(=O)CO5)[C@@H](O)C3)c2c1.Cl.Cl. The maximum atomic E-state index is 12.5. The molecule has 2 aromatic heterocycles. The van der Waals surface area contributed by atoms with Crippen molar-refractivity contribution in [2.75, 3.05) is 38.7 Å². The summed E-state index contributed by atoms with van der Waals surface area (Å²) >= 11 is 0. The summed E-state index contributed by atoms with van der Waals surface area (Å²) in [5.74, 6) is 1.43. The first kappa shape index (κ1) is 28.6. The van der Waals surface area contributed by atoms with Crippen molar-refractivity contribution in [1.29, 1.82) is 0 Å². The number of aliphatic hydroxyl groups excluding tert-OH is 1. The highest BCUT2D eigenvalue weighted by molar-refractivity contribution is 5.94. The first-order valence-electron chi connectivity index (χ1n) is 11.6. The van der Waals surface area contributed by atoms with Crippen molar-refractivity contribution in [3.63, 3.8) is 0 Å². The smallest absolute Gasteiger partial charge is 0.269 e. The van der Waals surface area contributed by atoms with Gasteiger partial charge in [-0.15, -0.1) is 24.8 Å². The normalized spacial score (nSPS) is 19.1. The number of benzene rings is 1. The van der Waals surface area contributed by atoms with E-state index in [9.17, 15) is 14.7 Å². The van der Waals surface area contributed by atoms with E-state index >= 15 is 0 Å². The number of methoxy groups -OCH3 is 1. The fourth-order valence-electron chi connectivity index (χ4n) is 4.52. The molecule has 37 heavy (non-hydrogen) atoms. The first-order valence-corrected chi connectivity index (χ1v) is 11.6. The summed E-state index contributed by atoms with van der Waals surface area (Å²) in [5.41, 5.74) is 2.05. The number of nitrogens with zero attached hydrogens (tertiary/aromatic N) is 4. The van der Waals surface area contributed by atoms with Crippen molar-refractivity contribution in [3.8, 4) is 11.5 Å². The lowest BCUT2D eigenvalue weighted by Crippen LogP contribution is -2.53. The highest BCUT2D eigenvalue weighted by Crippen LogP contribution is 2.25. The Balaban J connectivity index is 0.00000190. The van der Waals surface area contributed by atoms with E-state index in [4.69, 9.17) is 9.47 Å². The van der Waals surface area contributed by atoms with Crippen LogP contribution in [0.3, 0.4) is 0 Å². The maximum absolute atomic E-state index is 12.5. The van der Waals surface area contributed by atoms with E-state index in [1.807, 2.05) is 24.3 Å². The van der Waals surface area contributed by atoms with Gasteiger partial charge in [-0.1, -0.05) is 0 Å². The Kier molecular flexibility index (Phi) is 9.68. The average Bonchev–Trinajstić information content (AvgIpc) is 2.87. The van der Waals surface area contributed by atoms with Crippen molar-refractivity contribution in [3.05, 3.63) is 52.6 Å². The van der Waals surface area contributed by atoms with Gasteiger partial charge >= 0.3 is 0 Å². The number of pyridine rings is 1. The van der Waals surface area contributed by atoms with E-state index in [1.165, 1.54) is 6.20 Å². The van der Waals surface area contributed by atoms with Crippen LogP contribution < -0.4 is 25.7 Å². The zero-order valence-corrected chi connectivity index (χ0v) is 21.9. The Labute approximate surface area is 226 Å². The zero-order valence-electron chi connectivity index (χ0n) is 20.3. The standard InChI is InChI=1S/C24H28N6O5.2ClH/c1-34-16-3-4-17-19(10-16)30(23(33)12-26-17)9-8-29-7-6-18(20(31)13-29)25-11-15-2-5-21-24(27-15)28-22(32)14-35-21;;/h2-5,10,12,18,20,25,31H,6-9,11,13-14H2,1H3,(H,27,28,32);2*1H/t18-,20+;;/m1../s1.